The van der Waals surface area contributed by atoms with Crippen LogP contribution in [0, 0.1) is 5.92 Å². The van der Waals surface area contributed by atoms with E-state index in [1.807, 2.05) is 0 Å². The van der Waals surface area contributed by atoms with Gasteiger partial charge in [-0.15, -0.1) is 0 Å². The van der Waals surface area contributed by atoms with Crippen LogP contribution in [0.4, 0.5) is 0 Å². The van der Waals surface area contributed by atoms with Gasteiger partial charge in [0, 0.05) is 6.61 Å². The predicted molar refractivity (Wildman–Crippen MR) is 110 cm³/mol. The molecule has 0 bridgehead atoms. The molecule has 2 atom stereocenters. The van der Waals surface area contributed by atoms with Gasteiger partial charge >= 0.3 is 0 Å². The molecular weight excluding hydrogens is 318 g/mol. The predicted octanol–water partition coefficient (Wildman–Crippen LogP) is 5.20. The molecule has 140 valence electrons. The second-order valence-corrected chi connectivity index (χ2v) is 8.15. The molecule has 1 fully saturated rings. The van der Waals surface area contributed by atoms with Gasteiger partial charge in [-0.2, -0.15) is 0 Å². The summed E-state index contributed by atoms with van der Waals surface area (Å²) in [7, 11) is 0. The van der Waals surface area contributed by atoms with Crippen LogP contribution in [0.3, 0.4) is 0 Å². The van der Waals surface area contributed by atoms with Crippen molar-refractivity contribution in [2.24, 2.45) is 5.92 Å². The molecule has 0 aromatic heterocycles. The molecule has 26 heavy (non-hydrogen) atoms. The third kappa shape index (κ3) is 5.69. The van der Waals surface area contributed by atoms with Crippen LogP contribution in [0.25, 0.3) is 0 Å². The van der Waals surface area contributed by atoms with Gasteiger partial charge < -0.3 is 10.1 Å². The topological polar surface area (TPSA) is 21.3 Å². The number of hydrogen-bond donors (Lipinski definition) is 1. The van der Waals surface area contributed by atoms with E-state index in [2.05, 4.69) is 79.8 Å². The van der Waals surface area contributed by atoms with Crippen molar-refractivity contribution in [1.82, 2.24) is 5.32 Å². The van der Waals surface area contributed by atoms with E-state index in [1.54, 1.807) is 0 Å². The van der Waals surface area contributed by atoms with Crippen molar-refractivity contribution in [1.29, 1.82) is 0 Å². The van der Waals surface area contributed by atoms with Crippen LogP contribution < -0.4 is 5.32 Å². The van der Waals surface area contributed by atoms with Crippen LogP contribution in [0.5, 0.6) is 0 Å². The molecule has 1 N–H and O–H groups in total. The highest BCUT2D eigenvalue weighted by Crippen LogP contribution is 2.39. The molecule has 2 unspecified atom stereocenters. The summed E-state index contributed by atoms with van der Waals surface area (Å²) in [5.74, 6) is 1.32. The molecule has 0 spiro atoms. The first kappa shape index (κ1) is 19.1. The van der Waals surface area contributed by atoms with Gasteiger partial charge in [0.15, 0.2) is 0 Å². The molecule has 2 aromatic carbocycles. The first-order valence-electron chi connectivity index (χ1n) is 10.1. The molecule has 1 aliphatic heterocycles. The van der Waals surface area contributed by atoms with Crippen LogP contribution in [0.15, 0.2) is 60.7 Å². The minimum atomic E-state index is 0.0106. The fourth-order valence-corrected chi connectivity index (χ4v) is 4.26. The summed E-state index contributed by atoms with van der Waals surface area (Å²) < 4.78 is 5.96. The average Bonchev–Trinajstić information content (AvgIpc) is 2.65. The Labute approximate surface area is 159 Å². The van der Waals surface area contributed by atoms with Crippen molar-refractivity contribution < 1.29 is 4.74 Å². The van der Waals surface area contributed by atoms with Crippen molar-refractivity contribution in [3.63, 3.8) is 0 Å². The molecular formula is C24H33NO. The Hall–Kier alpha value is -1.64. The smallest absolute Gasteiger partial charge is 0.0629 e. The van der Waals surface area contributed by atoms with E-state index in [1.165, 1.54) is 24.0 Å². The normalized spacial score (nSPS) is 20.6. The molecule has 2 aromatic rings. The summed E-state index contributed by atoms with van der Waals surface area (Å²) in [6, 6.07) is 21.8. The molecule has 1 aliphatic rings. The van der Waals surface area contributed by atoms with Crippen LogP contribution in [0.1, 0.15) is 50.2 Å². The van der Waals surface area contributed by atoms with Gasteiger partial charge in [-0.25, -0.2) is 0 Å². The van der Waals surface area contributed by atoms with E-state index in [0.717, 1.165) is 32.5 Å². The molecule has 2 heteroatoms. The minimum absolute atomic E-state index is 0.0106. The number of ether oxygens (including phenoxy) is 1. The lowest BCUT2D eigenvalue weighted by Crippen LogP contribution is -2.37. The molecule has 0 aliphatic carbocycles. The lowest BCUT2D eigenvalue weighted by atomic mass is 9.75. The lowest BCUT2D eigenvalue weighted by Gasteiger charge is -2.39. The van der Waals surface area contributed by atoms with E-state index >= 15 is 0 Å². The lowest BCUT2D eigenvalue weighted by molar-refractivity contribution is -0.0771. The second-order valence-electron chi connectivity index (χ2n) is 8.15. The van der Waals surface area contributed by atoms with Gasteiger partial charge in [-0.05, 0) is 75.6 Å². The summed E-state index contributed by atoms with van der Waals surface area (Å²) in [4.78, 5) is 0. The average molecular weight is 352 g/mol. The van der Waals surface area contributed by atoms with Gasteiger partial charge in [0.2, 0.25) is 0 Å². The largest absolute Gasteiger partial charge is 0.376 e. The van der Waals surface area contributed by atoms with Crippen molar-refractivity contribution in [2.45, 2.75) is 51.0 Å². The van der Waals surface area contributed by atoms with E-state index < -0.39 is 0 Å². The molecule has 2 nitrogen and oxygen atoms in total. The maximum absolute atomic E-state index is 5.96. The Kier molecular flexibility index (Phi) is 6.87. The fourth-order valence-electron chi connectivity index (χ4n) is 4.26. The fraction of sp³-hybridized carbons (Fsp3) is 0.500. The molecule has 0 radical (unpaired) electrons. The molecule has 1 heterocycles. The third-order valence-corrected chi connectivity index (χ3v) is 5.60. The van der Waals surface area contributed by atoms with Gasteiger partial charge in [0.25, 0.3) is 0 Å². The first-order valence-corrected chi connectivity index (χ1v) is 10.1. The van der Waals surface area contributed by atoms with Crippen molar-refractivity contribution in [3.8, 4) is 0 Å². The molecule has 0 saturated carbocycles. The highest BCUT2D eigenvalue weighted by Gasteiger charge is 2.33. The maximum atomic E-state index is 5.96. The number of rotatable bonds is 8. The van der Waals surface area contributed by atoms with E-state index in [4.69, 9.17) is 4.74 Å². The highest BCUT2D eigenvalue weighted by atomic mass is 16.5. The number of hydrogen-bond acceptors (Lipinski definition) is 2. The zero-order valence-electron chi connectivity index (χ0n) is 16.3. The Morgan fingerprint density at radius 2 is 1.69 bits per heavy atom. The molecule has 0 amide bonds. The standard InChI is InChI=1S/C24H33NO/c1-24(2)19-22(15-18-26-24)23(21-11-7-4-8-12-21)14-17-25-16-13-20-9-5-3-6-10-20/h3-12,22-23,25H,13-19H2,1-2H3. The van der Waals surface area contributed by atoms with Crippen LogP contribution in [-0.2, 0) is 11.2 Å². The van der Waals surface area contributed by atoms with Crippen LogP contribution in [0.2, 0.25) is 0 Å². The Bertz CT molecular complexity index is 638. The summed E-state index contributed by atoms with van der Waals surface area (Å²) in [5, 5.41) is 3.66. The monoisotopic (exact) mass is 351 g/mol. The quantitative estimate of drug-likeness (QED) is 0.660. The zero-order chi connectivity index (χ0) is 18.2. The van der Waals surface area contributed by atoms with Crippen molar-refractivity contribution in [3.05, 3.63) is 71.8 Å². The summed E-state index contributed by atoms with van der Waals surface area (Å²) in [5.41, 5.74) is 2.90. The van der Waals surface area contributed by atoms with E-state index in [-0.39, 0.29) is 5.60 Å². The SMILES string of the molecule is CC1(C)CC(C(CCNCCc2ccccc2)c2ccccc2)CCO1. The Morgan fingerprint density at radius 3 is 2.38 bits per heavy atom. The first-order chi connectivity index (χ1) is 12.6. The summed E-state index contributed by atoms with van der Waals surface area (Å²) in [6.45, 7) is 7.48. The maximum Gasteiger partial charge on any atom is 0.0629 e. The van der Waals surface area contributed by atoms with Crippen molar-refractivity contribution in [2.75, 3.05) is 19.7 Å². The Morgan fingerprint density at radius 1 is 1.00 bits per heavy atom. The van der Waals surface area contributed by atoms with Crippen LogP contribution >= 0.6 is 0 Å². The number of nitrogens with one attached hydrogen (secondary N) is 1. The van der Waals surface area contributed by atoms with E-state index in [0.29, 0.717) is 11.8 Å². The van der Waals surface area contributed by atoms with Gasteiger partial charge in [-0.1, -0.05) is 60.7 Å². The minimum Gasteiger partial charge on any atom is -0.376 e. The molecule has 3 rings (SSSR count). The summed E-state index contributed by atoms with van der Waals surface area (Å²) >= 11 is 0. The second kappa shape index (κ2) is 9.34. The zero-order valence-corrected chi connectivity index (χ0v) is 16.3. The number of benzene rings is 2. The van der Waals surface area contributed by atoms with Gasteiger partial charge in [-0.3, -0.25) is 0 Å². The van der Waals surface area contributed by atoms with E-state index in [9.17, 15) is 0 Å². The van der Waals surface area contributed by atoms with Crippen molar-refractivity contribution >= 4 is 0 Å². The highest BCUT2D eigenvalue weighted by molar-refractivity contribution is 5.21. The summed E-state index contributed by atoms with van der Waals surface area (Å²) in [6.07, 6.45) is 4.62. The third-order valence-electron chi connectivity index (χ3n) is 5.60. The van der Waals surface area contributed by atoms with Gasteiger partial charge in [0.1, 0.15) is 0 Å². The molecule has 1 saturated heterocycles. The Balaban J connectivity index is 1.54. The van der Waals surface area contributed by atoms with Gasteiger partial charge in [0.05, 0.1) is 5.60 Å². The van der Waals surface area contributed by atoms with Crippen LogP contribution in [-0.4, -0.2) is 25.3 Å².